The fourth-order valence-corrected chi connectivity index (χ4v) is 2.88. The number of carboxylic acid groups (broad SMARTS) is 1. The molecule has 122 valence electrons. The first-order valence-electron chi connectivity index (χ1n) is 7.92. The Morgan fingerprint density at radius 3 is 2.61 bits per heavy atom. The summed E-state index contributed by atoms with van der Waals surface area (Å²) in [6, 6.07) is 5.97. The highest BCUT2D eigenvalue weighted by molar-refractivity contribution is 6.00. The van der Waals surface area contributed by atoms with Crippen LogP contribution < -0.4 is 0 Å². The molecule has 1 saturated carbocycles. The molecule has 1 aromatic heterocycles. The number of carbonyl (C=O) groups is 2. The molecule has 5 nitrogen and oxygen atoms in total. The normalized spacial score (nSPS) is 15.6. The van der Waals surface area contributed by atoms with Crippen LogP contribution in [0, 0.1) is 19.8 Å². The Morgan fingerprint density at radius 1 is 1.35 bits per heavy atom. The minimum atomic E-state index is -0.888. The summed E-state index contributed by atoms with van der Waals surface area (Å²) in [4.78, 5) is 25.7. The summed E-state index contributed by atoms with van der Waals surface area (Å²) in [5.41, 5.74) is 2.54. The van der Waals surface area contributed by atoms with Crippen LogP contribution in [0.3, 0.4) is 0 Å². The SMILES string of the molecule is Cc1c(C(=O)N(CC(C)C(=O)O)C2CC2)oc2c(C)cccc12. The van der Waals surface area contributed by atoms with Crippen molar-refractivity contribution in [2.45, 2.75) is 39.7 Å². The molecule has 1 heterocycles. The number of carboxylic acids is 1. The molecule has 0 aliphatic heterocycles. The van der Waals surface area contributed by atoms with Gasteiger partial charge in [-0.2, -0.15) is 0 Å². The average molecular weight is 315 g/mol. The summed E-state index contributed by atoms with van der Waals surface area (Å²) in [5, 5.41) is 10.1. The van der Waals surface area contributed by atoms with Crippen LogP contribution in [0.5, 0.6) is 0 Å². The molecule has 0 spiro atoms. The summed E-state index contributed by atoms with van der Waals surface area (Å²) >= 11 is 0. The zero-order valence-corrected chi connectivity index (χ0v) is 13.6. The molecule has 1 unspecified atom stereocenters. The van der Waals surface area contributed by atoms with E-state index >= 15 is 0 Å². The van der Waals surface area contributed by atoms with Crippen molar-refractivity contribution in [3.63, 3.8) is 0 Å². The lowest BCUT2D eigenvalue weighted by atomic mass is 10.1. The molecule has 1 N–H and O–H groups in total. The number of hydrogen-bond acceptors (Lipinski definition) is 3. The van der Waals surface area contributed by atoms with E-state index in [2.05, 4.69) is 0 Å². The van der Waals surface area contributed by atoms with Crippen molar-refractivity contribution >= 4 is 22.8 Å². The second kappa shape index (κ2) is 5.72. The lowest BCUT2D eigenvalue weighted by Gasteiger charge is -2.23. The number of aryl methyl sites for hydroxylation is 2. The minimum absolute atomic E-state index is 0.137. The fraction of sp³-hybridized carbons (Fsp3) is 0.444. The Hall–Kier alpha value is -2.30. The molecule has 1 fully saturated rings. The van der Waals surface area contributed by atoms with Crippen LogP contribution in [0.15, 0.2) is 22.6 Å². The monoisotopic (exact) mass is 315 g/mol. The van der Waals surface area contributed by atoms with Gasteiger partial charge in [0.15, 0.2) is 5.76 Å². The van der Waals surface area contributed by atoms with E-state index in [0.29, 0.717) is 5.76 Å². The first kappa shape index (κ1) is 15.6. The third-order valence-electron chi connectivity index (χ3n) is 4.50. The van der Waals surface area contributed by atoms with Gasteiger partial charge < -0.3 is 14.4 Å². The van der Waals surface area contributed by atoms with Crippen LogP contribution in [0.2, 0.25) is 0 Å². The lowest BCUT2D eigenvalue weighted by Crippen LogP contribution is -2.38. The zero-order valence-electron chi connectivity index (χ0n) is 13.6. The fourth-order valence-electron chi connectivity index (χ4n) is 2.88. The highest BCUT2D eigenvalue weighted by Crippen LogP contribution is 2.33. The summed E-state index contributed by atoms with van der Waals surface area (Å²) in [7, 11) is 0. The summed E-state index contributed by atoms with van der Waals surface area (Å²) < 4.78 is 5.85. The molecular weight excluding hydrogens is 294 g/mol. The van der Waals surface area contributed by atoms with Gasteiger partial charge in [-0.1, -0.05) is 25.1 Å². The molecule has 3 rings (SSSR count). The summed E-state index contributed by atoms with van der Waals surface area (Å²) in [6.45, 7) is 5.67. The standard InChI is InChI=1S/C18H21NO4/c1-10-5-4-6-14-12(3)16(23-15(10)14)17(20)19(13-7-8-13)9-11(2)18(21)22/h4-6,11,13H,7-9H2,1-3H3,(H,21,22). The van der Waals surface area contributed by atoms with Crippen LogP contribution in [-0.2, 0) is 4.79 Å². The Labute approximate surface area is 134 Å². The third-order valence-corrected chi connectivity index (χ3v) is 4.50. The zero-order chi connectivity index (χ0) is 16.7. The van der Waals surface area contributed by atoms with E-state index in [1.807, 2.05) is 32.0 Å². The van der Waals surface area contributed by atoms with Gasteiger partial charge in [0.25, 0.3) is 5.91 Å². The van der Waals surface area contributed by atoms with E-state index in [-0.39, 0.29) is 18.5 Å². The van der Waals surface area contributed by atoms with Gasteiger partial charge in [-0.15, -0.1) is 0 Å². The highest BCUT2D eigenvalue weighted by atomic mass is 16.4. The van der Waals surface area contributed by atoms with E-state index in [1.54, 1.807) is 11.8 Å². The quantitative estimate of drug-likeness (QED) is 0.918. The maximum Gasteiger partial charge on any atom is 0.308 e. The molecule has 1 aliphatic rings. The summed E-state index contributed by atoms with van der Waals surface area (Å²) in [5.74, 6) is -1.35. The van der Waals surface area contributed by atoms with Crippen LogP contribution >= 0.6 is 0 Å². The lowest BCUT2D eigenvalue weighted by molar-refractivity contribution is -0.141. The maximum atomic E-state index is 12.9. The Bertz CT molecular complexity index is 773. The van der Waals surface area contributed by atoms with Crippen LogP contribution in [-0.4, -0.2) is 34.5 Å². The van der Waals surface area contributed by atoms with Gasteiger partial charge >= 0.3 is 5.97 Å². The highest BCUT2D eigenvalue weighted by Gasteiger charge is 2.37. The molecule has 0 bridgehead atoms. The number of furan rings is 1. The second-order valence-electron chi connectivity index (χ2n) is 6.44. The van der Waals surface area contributed by atoms with Crippen LogP contribution in [0.4, 0.5) is 0 Å². The maximum absolute atomic E-state index is 12.9. The van der Waals surface area contributed by atoms with Gasteiger partial charge in [-0.25, -0.2) is 0 Å². The number of nitrogens with zero attached hydrogens (tertiary/aromatic N) is 1. The van der Waals surface area contributed by atoms with Gasteiger partial charge in [0.2, 0.25) is 0 Å². The van der Waals surface area contributed by atoms with Gasteiger partial charge in [0, 0.05) is 23.5 Å². The van der Waals surface area contributed by atoms with Crippen LogP contribution in [0.1, 0.15) is 41.4 Å². The van der Waals surface area contributed by atoms with Crippen molar-refractivity contribution in [3.8, 4) is 0 Å². The molecule has 0 saturated heterocycles. The van der Waals surface area contributed by atoms with E-state index in [1.165, 1.54) is 0 Å². The van der Waals surface area contributed by atoms with Crippen molar-refractivity contribution in [2.24, 2.45) is 5.92 Å². The topological polar surface area (TPSA) is 70.8 Å². The van der Waals surface area contributed by atoms with Crippen molar-refractivity contribution in [1.82, 2.24) is 4.90 Å². The number of carbonyl (C=O) groups excluding carboxylic acids is 1. The molecule has 2 aromatic rings. The molecule has 0 radical (unpaired) electrons. The summed E-state index contributed by atoms with van der Waals surface area (Å²) in [6.07, 6.45) is 1.85. The van der Waals surface area contributed by atoms with Crippen molar-refractivity contribution in [3.05, 3.63) is 35.1 Å². The van der Waals surface area contributed by atoms with Crippen molar-refractivity contribution in [1.29, 1.82) is 0 Å². The number of rotatable bonds is 5. The number of benzene rings is 1. The minimum Gasteiger partial charge on any atom is -0.481 e. The van der Waals surface area contributed by atoms with E-state index < -0.39 is 11.9 Å². The number of fused-ring (bicyclic) bond motifs is 1. The average Bonchev–Trinajstić information content (AvgIpc) is 3.29. The number of amides is 1. The van der Waals surface area contributed by atoms with Gasteiger partial charge in [-0.05, 0) is 32.3 Å². The smallest absolute Gasteiger partial charge is 0.308 e. The first-order chi connectivity index (χ1) is 10.9. The van der Waals surface area contributed by atoms with E-state index in [4.69, 9.17) is 9.52 Å². The number of aliphatic carboxylic acids is 1. The van der Waals surface area contributed by atoms with E-state index in [0.717, 1.165) is 34.9 Å². The molecule has 1 aromatic carbocycles. The van der Waals surface area contributed by atoms with Gasteiger partial charge in [0.05, 0.1) is 5.92 Å². The number of para-hydroxylation sites is 1. The van der Waals surface area contributed by atoms with Gasteiger partial charge in [-0.3, -0.25) is 9.59 Å². The Kier molecular flexibility index (Phi) is 3.88. The number of hydrogen-bond donors (Lipinski definition) is 1. The molecule has 1 aliphatic carbocycles. The Morgan fingerprint density at radius 2 is 2.04 bits per heavy atom. The van der Waals surface area contributed by atoms with Crippen molar-refractivity contribution in [2.75, 3.05) is 6.54 Å². The van der Waals surface area contributed by atoms with Crippen LogP contribution in [0.25, 0.3) is 11.0 Å². The molecular formula is C18H21NO4. The molecule has 1 amide bonds. The van der Waals surface area contributed by atoms with E-state index in [9.17, 15) is 9.59 Å². The van der Waals surface area contributed by atoms with Crippen molar-refractivity contribution < 1.29 is 19.1 Å². The largest absolute Gasteiger partial charge is 0.481 e. The first-order valence-corrected chi connectivity index (χ1v) is 7.92. The predicted molar refractivity (Wildman–Crippen MR) is 86.5 cm³/mol. The Balaban J connectivity index is 1.96. The van der Waals surface area contributed by atoms with Gasteiger partial charge in [0.1, 0.15) is 5.58 Å². The molecule has 5 heteroatoms. The molecule has 1 atom stereocenters. The predicted octanol–water partition coefficient (Wildman–Crippen LogP) is 3.37. The molecule has 23 heavy (non-hydrogen) atoms. The third kappa shape index (κ3) is 2.83. The second-order valence-corrected chi connectivity index (χ2v) is 6.44.